The fourth-order valence-corrected chi connectivity index (χ4v) is 5.00. The van der Waals surface area contributed by atoms with Crippen molar-refractivity contribution < 1.29 is 22.7 Å². The molecule has 1 aliphatic heterocycles. The van der Waals surface area contributed by atoms with Crippen molar-refractivity contribution in [3.63, 3.8) is 0 Å². The topological polar surface area (TPSA) is 97.3 Å². The van der Waals surface area contributed by atoms with Crippen LogP contribution in [0.1, 0.15) is 5.56 Å². The molecule has 0 saturated heterocycles. The van der Waals surface area contributed by atoms with E-state index in [-0.39, 0.29) is 27.4 Å². The van der Waals surface area contributed by atoms with Gasteiger partial charge in [-0.2, -0.15) is 5.10 Å². The van der Waals surface area contributed by atoms with Crippen LogP contribution < -0.4 is 19.2 Å². The molecule has 1 heterocycles. The van der Waals surface area contributed by atoms with Crippen molar-refractivity contribution in [3.05, 3.63) is 82.3 Å². The minimum absolute atomic E-state index is 0.0118. The number of carbonyl (C=O) groups excluding carboxylic acids is 1. The Balaban J connectivity index is 1.55. The summed E-state index contributed by atoms with van der Waals surface area (Å²) in [6.45, 7) is -0.404. The van der Waals surface area contributed by atoms with E-state index in [0.717, 1.165) is 4.31 Å². The molecule has 4 rings (SSSR count). The molecule has 1 aliphatic rings. The molecule has 170 valence electrons. The highest BCUT2D eigenvalue weighted by atomic mass is 35.5. The number of anilines is 1. The zero-order chi connectivity index (χ0) is 23.4. The van der Waals surface area contributed by atoms with Gasteiger partial charge in [0, 0.05) is 10.0 Å². The standard InChI is InChI=1S/C22H17Cl2N3O5S/c23-16-9-17(24)11-18(10-16)27(33(29,30)19-4-2-1-3-5-19)13-22(28)26-25-12-15-6-7-20-21(8-15)32-14-31-20/h1-12H,13-14H2,(H,26,28)/b25-12-. The summed E-state index contributed by atoms with van der Waals surface area (Å²) in [6, 6.07) is 17.2. The molecule has 11 heteroatoms. The third kappa shape index (κ3) is 5.39. The first-order valence-corrected chi connectivity index (χ1v) is 11.8. The summed E-state index contributed by atoms with van der Waals surface area (Å²) in [4.78, 5) is 12.6. The number of rotatable bonds is 7. The molecule has 0 radical (unpaired) electrons. The summed E-state index contributed by atoms with van der Waals surface area (Å²) in [7, 11) is -4.09. The molecule has 8 nitrogen and oxygen atoms in total. The molecule has 0 bridgehead atoms. The molecule has 33 heavy (non-hydrogen) atoms. The Kier molecular flexibility index (Phi) is 6.73. The lowest BCUT2D eigenvalue weighted by molar-refractivity contribution is -0.119. The summed E-state index contributed by atoms with van der Waals surface area (Å²) >= 11 is 12.1. The van der Waals surface area contributed by atoms with E-state index in [0.29, 0.717) is 17.1 Å². The molecule has 0 spiro atoms. The van der Waals surface area contributed by atoms with Crippen LogP contribution in [0, 0.1) is 0 Å². The number of amides is 1. The molecular formula is C22H17Cl2N3O5S. The molecule has 3 aromatic carbocycles. The van der Waals surface area contributed by atoms with Gasteiger partial charge in [-0.1, -0.05) is 41.4 Å². The predicted molar refractivity (Wildman–Crippen MR) is 126 cm³/mol. The van der Waals surface area contributed by atoms with Crippen molar-refractivity contribution in [2.75, 3.05) is 17.6 Å². The number of hydrogen-bond donors (Lipinski definition) is 1. The van der Waals surface area contributed by atoms with Gasteiger partial charge < -0.3 is 9.47 Å². The Morgan fingerprint density at radius 1 is 1.00 bits per heavy atom. The lowest BCUT2D eigenvalue weighted by Gasteiger charge is -2.24. The fourth-order valence-electron chi connectivity index (χ4n) is 3.06. The van der Waals surface area contributed by atoms with E-state index in [1.165, 1.54) is 36.5 Å². The zero-order valence-electron chi connectivity index (χ0n) is 16.9. The maximum Gasteiger partial charge on any atom is 0.264 e. The summed E-state index contributed by atoms with van der Waals surface area (Å²) in [5.41, 5.74) is 3.14. The molecule has 0 atom stereocenters. The van der Waals surface area contributed by atoms with E-state index in [9.17, 15) is 13.2 Å². The number of hydrazone groups is 1. The van der Waals surface area contributed by atoms with Gasteiger partial charge >= 0.3 is 0 Å². The maximum absolute atomic E-state index is 13.3. The second-order valence-electron chi connectivity index (χ2n) is 6.86. The smallest absolute Gasteiger partial charge is 0.264 e. The number of benzene rings is 3. The third-order valence-corrected chi connectivity index (χ3v) is 6.78. The fraction of sp³-hybridized carbons (Fsp3) is 0.0909. The van der Waals surface area contributed by atoms with Crippen LogP contribution in [0.25, 0.3) is 0 Å². The van der Waals surface area contributed by atoms with Crippen molar-refractivity contribution in [3.8, 4) is 11.5 Å². The normalized spacial score (nSPS) is 12.7. The van der Waals surface area contributed by atoms with Gasteiger partial charge in [-0.25, -0.2) is 13.8 Å². The van der Waals surface area contributed by atoms with E-state index < -0.39 is 22.5 Å². The van der Waals surface area contributed by atoms with Gasteiger partial charge in [-0.3, -0.25) is 9.10 Å². The Morgan fingerprint density at radius 2 is 1.70 bits per heavy atom. The number of nitrogens with one attached hydrogen (secondary N) is 1. The first kappa shape index (κ1) is 22.9. The Hall–Kier alpha value is -3.27. The number of nitrogens with zero attached hydrogens (tertiary/aromatic N) is 2. The number of carbonyl (C=O) groups is 1. The second kappa shape index (κ2) is 9.70. The number of sulfonamides is 1. The van der Waals surface area contributed by atoms with Crippen molar-refractivity contribution in [1.29, 1.82) is 0 Å². The van der Waals surface area contributed by atoms with Crippen molar-refractivity contribution in [2.45, 2.75) is 4.90 Å². The largest absolute Gasteiger partial charge is 0.454 e. The Labute approximate surface area is 200 Å². The van der Waals surface area contributed by atoms with E-state index >= 15 is 0 Å². The minimum Gasteiger partial charge on any atom is -0.454 e. The average molecular weight is 506 g/mol. The number of ether oxygens (including phenoxy) is 2. The average Bonchev–Trinajstić information content (AvgIpc) is 3.25. The van der Waals surface area contributed by atoms with Gasteiger partial charge in [0.1, 0.15) is 6.54 Å². The van der Waals surface area contributed by atoms with Crippen LogP contribution >= 0.6 is 23.2 Å². The lowest BCUT2D eigenvalue weighted by atomic mass is 10.2. The molecule has 0 aromatic heterocycles. The zero-order valence-corrected chi connectivity index (χ0v) is 19.3. The molecule has 0 fully saturated rings. The highest BCUT2D eigenvalue weighted by Gasteiger charge is 2.27. The summed E-state index contributed by atoms with van der Waals surface area (Å²) in [6.07, 6.45) is 1.41. The molecule has 0 unspecified atom stereocenters. The highest BCUT2D eigenvalue weighted by molar-refractivity contribution is 7.92. The Bertz CT molecular complexity index is 1300. The second-order valence-corrected chi connectivity index (χ2v) is 9.59. The van der Waals surface area contributed by atoms with E-state index in [1.54, 1.807) is 36.4 Å². The van der Waals surface area contributed by atoms with E-state index in [4.69, 9.17) is 32.7 Å². The first-order valence-electron chi connectivity index (χ1n) is 9.58. The van der Waals surface area contributed by atoms with Crippen LogP contribution in [-0.4, -0.2) is 33.9 Å². The Morgan fingerprint density at radius 3 is 2.42 bits per heavy atom. The monoisotopic (exact) mass is 505 g/mol. The SMILES string of the molecule is O=C(CN(c1cc(Cl)cc(Cl)c1)S(=O)(=O)c1ccccc1)N/N=C\c1ccc2c(c1)OCO2. The molecule has 0 aliphatic carbocycles. The van der Waals surface area contributed by atoms with Gasteiger partial charge in [0.2, 0.25) is 6.79 Å². The van der Waals surface area contributed by atoms with Crippen LogP contribution in [0.3, 0.4) is 0 Å². The van der Waals surface area contributed by atoms with Crippen LogP contribution in [-0.2, 0) is 14.8 Å². The lowest BCUT2D eigenvalue weighted by Crippen LogP contribution is -2.39. The number of hydrogen-bond acceptors (Lipinski definition) is 6. The number of fused-ring (bicyclic) bond motifs is 1. The van der Waals surface area contributed by atoms with Gasteiger partial charge in [0.15, 0.2) is 11.5 Å². The van der Waals surface area contributed by atoms with E-state index in [2.05, 4.69) is 10.5 Å². The van der Waals surface area contributed by atoms with Crippen molar-refractivity contribution >= 4 is 51.0 Å². The van der Waals surface area contributed by atoms with Gasteiger partial charge in [-0.15, -0.1) is 0 Å². The molecule has 3 aromatic rings. The van der Waals surface area contributed by atoms with E-state index in [1.807, 2.05) is 0 Å². The third-order valence-electron chi connectivity index (χ3n) is 4.55. The van der Waals surface area contributed by atoms with Crippen molar-refractivity contribution in [1.82, 2.24) is 5.43 Å². The van der Waals surface area contributed by atoms with Crippen LogP contribution in [0.2, 0.25) is 10.0 Å². The molecule has 1 N–H and O–H groups in total. The minimum atomic E-state index is -4.09. The van der Waals surface area contributed by atoms with Crippen LogP contribution in [0.15, 0.2) is 76.7 Å². The molecular weight excluding hydrogens is 489 g/mol. The van der Waals surface area contributed by atoms with Crippen LogP contribution in [0.5, 0.6) is 11.5 Å². The van der Waals surface area contributed by atoms with Crippen LogP contribution in [0.4, 0.5) is 5.69 Å². The quantitative estimate of drug-likeness (QED) is 0.385. The summed E-state index contributed by atoms with van der Waals surface area (Å²) in [5, 5.41) is 4.37. The maximum atomic E-state index is 13.3. The van der Waals surface area contributed by atoms with Gasteiger partial charge in [0.25, 0.3) is 15.9 Å². The summed E-state index contributed by atoms with van der Waals surface area (Å²) in [5.74, 6) is 0.531. The molecule has 0 saturated carbocycles. The van der Waals surface area contributed by atoms with Gasteiger partial charge in [-0.05, 0) is 54.1 Å². The predicted octanol–water partition coefficient (Wildman–Crippen LogP) is 4.07. The first-order chi connectivity index (χ1) is 15.8. The van der Waals surface area contributed by atoms with Crippen molar-refractivity contribution in [2.24, 2.45) is 5.10 Å². The molecule has 1 amide bonds. The van der Waals surface area contributed by atoms with Gasteiger partial charge in [0.05, 0.1) is 16.8 Å². The summed E-state index contributed by atoms with van der Waals surface area (Å²) < 4.78 is 38.1. The number of halogens is 2. The highest BCUT2D eigenvalue weighted by Crippen LogP contribution is 2.32.